The molecule has 0 aromatic heterocycles. The van der Waals surface area contributed by atoms with E-state index in [4.69, 9.17) is 0 Å². The van der Waals surface area contributed by atoms with Gasteiger partial charge in [-0.2, -0.15) is 0 Å². The highest BCUT2D eigenvalue weighted by atomic mass is 32.2. The van der Waals surface area contributed by atoms with Crippen LogP contribution < -0.4 is 9.62 Å². The summed E-state index contributed by atoms with van der Waals surface area (Å²) in [6.45, 7) is 5.81. The van der Waals surface area contributed by atoms with Crippen molar-refractivity contribution >= 4 is 27.5 Å². The van der Waals surface area contributed by atoms with Crippen molar-refractivity contribution in [2.45, 2.75) is 58.7 Å². The first kappa shape index (κ1) is 27.3. The minimum absolute atomic E-state index is 0.0610. The van der Waals surface area contributed by atoms with Crippen LogP contribution in [0.25, 0.3) is 0 Å². The van der Waals surface area contributed by atoms with Crippen molar-refractivity contribution in [3.05, 3.63) is 66.0 Å². The molecule has 0 radical (unpaired) electrons. The number of para-hydroxylation sites is 1. The van der Waals surface area contributed by atoms with Gasteiger partial charge in [-0.15, -0.1) is 0 Å². The van der Waals surface area contributed by atoms with Crippen molar-refractivity contribution in [2.24, 2.45) is 0 Å². The molecule has 0 spiro atoms. The van der Waals surface area contributed by atoms with Crippen LogP contribution in [-0.4, -0.2) is 50.0 Å². The van der Waals surface area contributed by atoms with Crippen molar-refractivity contribution in [3.63, 3.8) is 0 Å². The molecule has 1 N–H and O–H groups in total. The molecule has 0 aliphatic heterocycles. The Balaban J connectivity index is 2.19. The Kier molecular flexibility index (Phi) is 10.0. The average molecular weight is 492 g/mol. The van der Waals surface area contributed by atoms with Gasteiger partial charge in [0.1, 0.15) is 11.9 Å². The maximum Gasteiger partial charge on any atom is 0.243 e. The first-order valence-electron chi connectivity index (χ1n) is 11.4. The normalized spacial score (nSPS) is 12.3. The fraction of sp³-hybridized carbons (Fsp3) is 0.440. The SMILES string of the molecule is CC[C@H](C(=O)NC(C)C)N(Cc1ccc(F)cc1)C(=O)CCCN(c1ccccc1)S(C)(=O)=O. The number of rotatable bonds is 12. The molecule has 1 atom stereocenters. The number of sulfonamides is 1. The van der Waals surface area contributed by atoms with Gasteiger partial charge in [-0.3, -0.25) is 13.9 Å². The Bertz CT molecular complexity index is 1040. The number of nitrogens with zero attached hydrogens (tertiary/aromatic N) is 2. The topological polar surface area (TPSA) is 86.8 Å². The molecule has 0 saturated heterocycles. The van der Waals surface area contributed by atoms with Crippen LogP contribution in [0.5, 0.6) is 0 Å². The van der Waals surface area contributed by atoms with Crippen molar-refractivity contribution in [2.75, 3.05) is 17.1 Å². The fourth-order valence-corrected chi connectivity index (χ4v) is 4.65. The number of amides is 2. The quantitative estimate of drug-likeness (QED) is 0.491. The second-order valence-corrected chi connectivity index (χ2v) is 10.4. The minimum Gasteiger partial charge on any atom is -0.352 e. The zero-order valence-corrected chi connectivity index (χ0v) is 21.0. The van der Waals surface area contributed by atoms with E-state index in [1.165, 1.54) is 21.3 Å². The molecule has 2 amide bonds. The van der Waals surface area contributed by atoms with Crippen LogP contribution in [-0.2, 0) is 26.2 Å². The van der Waals surface area contributed by atoms with Gasteiger partial charge in [0.15, 0.2) is 0 Å². The Morgan fingerprint density at radius 3 is 2.18 bits per heavy atom. The molecule has 7 nitrogen and oxygen atoms in total. The number of hydrogen-bond donors (Lipinski definition) is 1. The highest BCUT2D eigenvalue weighted by molar-refractivity contribution is 7.92. The van der Waals surface area contributed by atoms with Crippen LogP contribution in [0.15, 0.2) is 54.6 Å². The van der Waals surface area contributed by atoms with E-state index in [2.05, 4.69) is 5.32 Å². The average Bonchev–Trinajstić information content (AvgIpc) is 2.77. The van der Waals surface area contributed by atoms with Gasteiger partial charge in [-0.05, 0) is 56.5 Å². The predicted octanol–water partition coefficient (Wildman–Crippen LogP) is 3.70. The van der Waals surface area contributed by atoms with E-state index >= 15 is 0 Å². The maximum atomic E-state index is 13.4. The first-order valence-corrected chi connectivity index (χ1v) is 13.2. The second kappa shape index (κ2) is 12.5. The predicted molar refractivity (Wildman–Crippen MR) is 132 cm³/mol. The number of halogens is 1. The molecule has 0 aliphatic rings. The molecule has 2 rings (SSSR count). The molecule has 0 bridgehead atoms. The molecule has 0 unspecified atom stereocenters. The summed E-state index contributed by atoms with van der Waals surface area (Å²) in [5.74, 6) is -0.903. The molecule has 2 aromatic carbocycles. The van der Waals surface area contributed by atoms with Gasteiger partial charge in [0.25, 0.3) is 0 Å². The second-order valence-electron chi connectivity index (χ2n) is 8.51. The lowest BCUT2D eigenvalue weighted by atomic mass is 10.1. The third-order valence-corrected chi connectivity index (χ3v) is 6.47. The Hall–Kier alpha value is -2.94. The van der Waals surface area contributed by atoms with E-state index in [-0.39, 0.29) is 49.6 Å². The summed E-state index contributed by atoms with van der Waals surface area (Å²) >= 11 is 0. The smallest absolute Gasteiger partial charge is 0.243 e. The van der Waals surface area contributed by atoms with Crippen molar-refractivity contribution in [1.29, 1.82) is 0 Å². The van der Waals surface area contributed by atoms with E-state index < -0.39 is 16.1 Å². The minimum atomic E-state index is -3.53. The lowest BCUT2D eigenvalue weighted by Crippen LogP contribution is -2.50. The Labute approximate surface area is 202 Å². The van der Waals surface area contributed by atoms with Gasteiger partial charge in [0.05, 0.1) is 11.9 Å². The summed E-state index contributed by atoms with van der Waals surface area (Å²) < 4.78 is 39.2. The molecule has 0 heterocycles. The van der Waals surface area contributed by atoms with Crippen molar-refractivity contribution in [3.8, 4) is 0 Å². The summed E-state index contributed by atoms with van der Waals surface area (Å²) in [4.78, 5) is 27.6. The van der Waals surface area contributed by atoms with Crippen LogP contribution >= 0.6 is 0 Å². The van der Waals surface area contributed by atoms with Gasteiger partial charge in [0, 0.05) is 25.6 Å². The lowest BCUT2D eigenvalue weighted by molar-refractivity contribution is -0.141. The van der Waals surface area contributed by atoms with Gasteiger partial charge in [0.2, 0.25) is 21.8 Å². The van der Waals surface area contributed by atoms with Crippen molar-refractivity contribution in [1.82, 2.24) is 10.2 Å². The zero-order chi connectivity index (χ0) is 25.3. The molecule has 34 heavy (non-hydrogen) atoms. The van der Waals surface area contributed by atoms with E-state index in [0.717, 1.165) is 6.26 Å². The third-order valence-electron chi connectivity index (χ3n) is 5.28. The fourth-order valence-electron chi connectivity index (χ4n) is 3.68. The molecule has 9 heteroatoms. The maximum absolute atomic E-state index is 13.4. The van der Waals surface area contributed by atoms with Crippen LogP contribution in [0.1, 0.15) is 45.6 Å². The molecule has 0 aliphatic carbocycles. The summed E-state index contributed by atoms with van der Waals surface area (Å²) in [5.41, 5.74) is 1.23. The van der Waals surface area contributed by atoms with Crippen LogP contribution in [0.3, 0.4) is 0 Å². The summed E-state index contributed by atoms with van der Waals surface area (Å²) in [6, 6.07) is 13.7. The van der Waals surface area contributed by atoms with E-state index in [9.17, 15) is 22.4 Å². The number of nitrogens with one attached hydrogen (secondary N) is 1. The monoisotopic (exact) mass is 491 g/mol. The standard InChI is InChI=1S/C25H34FN3O4S/c1-5-23(25(31)27-19(2)3)28(18-20-13-15-21(26)16-14-20)24(30)12-9-17-29(34(4,32)33)22-10-7-6-8-11-22/h6-8,10-11,13-16,19,23H,5,9,12,17-18H2,1-4H3,(H,27,31)/t23-/m1/s1. The van der Waals surface area contributed by atoms with E-state index in [1.54, 1.807) is 42.5 Å². The lowest BCUT2D eigenvalue weighted by Gasteiger charge is -2.31. The highest BCUT2D eigenvalue weighted by Gasteiger charge is 2.29. The number of hydrogen-bond acceptors (Lipinski definition) is 4. The van der Waals surface area contributed by atoms with Crippen LogP contribution in [0, 0.1) is 5.82 Å². The molecule has 186 valence electrons. The van der Waals surface area contributed by atoms with Crippen LogP contribution in [0.4, 0.5) is 10.1 Å². The number of carbonyl (C=O) groups is 2. The zero-order valence-electron chi connectivity index (χ0n) is 20.2. The first-order chi connectivity index (χ1) is 16.0. The van der Waals surface area contributed by atoms with Gasteiger partial charge in [-0.25, -0.2) is 12.8 Å². The molecular weight excluding hydrogens is 457 g/mol. The molecule has 0 fully saturated rings. The van der Waals surface area contributed by atoms with Crippen LogP contribution in [0.2, 0.25) is 0 Å². The Morgan fingerprint density at radius 2 is 1.65 bits per heavy atom. The molecule has 0 saturated carbocycles. The molecular formula is C25H34FN3O4S. The van der Waals surface area contributed by atoms with E-state index in [1.807, 2.05) is 20.8 Å². The summed E-state index contributed by atoms with van der Waals surface area (Å²) in [7, 11) is -3.53. The molecule has 2 aromatic rings. The largest absolute Gasteiger partial charge is 0.352 e. The summed E-state index contributed by atoms with van der Waals surface area (Å²) in [6.07, 6.45) is 1.88. The van der Waals surface area contributed by atoms with Crippen molar-refractivity contribution < 1.29 is 22.4 Å². The highest BCUT2D eigenvalue weighted by Crippen LogP contribution is 2.19. The van der Waals surface area contributed by atoms with E-state index in [0.29, 0.717) is 17.7 Å². The third kappa shape index (κ3) is 8.13. The Morgan fingerprint density at radius 1 is 1.03 bits per heavy atom. The van der Waals surface area contributed by atoms with Gasteiger partial charge >= 0.3 is 0 Å². The number of anilines is 1. The van der Waals surface area contributed by atoms with Gasteiger partial charge in [-0.1, -0.05) is 37.3 Å². The number of benzene rings is 2. The van der Waals surface area contributed by atoms with Gasteiger partial charge < -0.3 is 10.2 Å². The number of carbonyl (C=O) groups excluding carboxylic acids is 2. The summed E-state index contributed by atoms with van der Waals surface area (Å²) in [5, 5.41) is 2.86.